The molecule has 1 aliphatic rings. The maximum Gasteiger partial charge on any atom is 0.264 e. The van der Waals surface area contributed by atoms with Crippen molar-refractivity contribution in [2.75, 3.05) is 0 Å². The van der Waals surface area contributed by atoms with Gasteiger partial charge in [-0.3, -0.25) is 4.57 Å². The van der Waals surface area contributed by atoms with Crippen molar-refractivity contribution >= 4 is 12.7 Å². The van der Waals surface area contributed by atoms with Gasteiger partial charge in [-0.15, -0.1) is 0 Å². The first-order valence-electron chi connectivity index (χ1n) is 9.98. The Labute approximate surface area is 163 Å². The lowest BCUT2D eigenvalue weighted by Crippen LogP contribution is -2.35. The van der Waals surface area contributed by atoms with E-state index in [1.807, 2.05) is 60.7 Å². The highest BCUT2D eigenvalue weighted by molar-refractivity contribution is 7.67. The van der Waals surface area contributed by atoms with E-state index in [-0.39, 0.29) is 6.10 Å². The third-order valence-corrected chi connectivity index (χ3v) is 8.33. The second-order valence-electron chi connectivity index (χ2n) is 8.19. The van der Waals surface area contributed by atoms with Crippen LogP contribution in [0, 0.1) is 17.8 Å². The minimum absolute atomic E-state index is 0.0989. The first-order valence-corrected chi connectivity index (χ1v) is 11.7. The third kappa shape index (κ3) is 4.54. The van der Waals surface area contributed by atoms with Gasteiger partial charge in [0.1, 0.15) is 0 Å². The van der Waals surface area contributed by atoms with E-state index in [9.17, 15) is 9.67 Å². The Bertz CT molecular complexity index is 760. The number of rotatable bonds is 6. The summed E-state index contributed by atoms with van der Waals surface area (Å²) in [7, 11) is -3.50. The normalized spacial score (nSPS) is 26.5. The predicted octanol–water partition coefficient (Wildman–Crippen LogP) is 5.76. The van der Waals surface area contributed by atoms with E-state index in [1.54, 1.807) is 0 Å². The van der Waals surface area contributed by atoms with Crippen molar-refractivity contribution in [2.45, 2.75) is 52.0 Å². The van der Waals surface area contributed by atoms with Gasteiger partial charge in [0.15, 0.2) is 5.85 Å². The van der Waals surface area contributed by atoms with E-state index in [0.29, 0.717) is 28.6 Å². The van der Waals surface area contributed by atoms with Crippen LogP contribution < -0.4 is 5.30 Å². The van der Waals surface area contributed by atoms with E-state index in [2.05, 4.69) is 20.8 Å². The average molecular weight is 386 g/mol. The van der Waals surface area contributed by atoms with Crippen LogP contribution in [0.25, 0.3) is 0 Å². The summed E-state index contributed by atoms with van der Waals surface area (Å²) >= 11 is 0. The SMILES string of the molecule is CC(C)[C@H]1CC[C@@H](C)C[C@H]1O[P@](=O)(c1ccccc1)[C@@H](O)c1ccccc1. The van der Waals surface area contributed by atoms with Crippen LogP contribution in [0.4, 0.5) is 0 Å². The molecule has 0 aromatic heterocycles. The molecule has 4 heteroatoms. The van der Waals surface area contributed by atoms with Gasteiger partial charge in [-0.05, 0) is 48.3 Å². The van der Waals surface area contributed by atoms with Gasteiger partial charge >= 0.3 is 0 Å². The van der Waals surface area contributed by atoms with Gasteiger partial charge in [0.2, 0.25) is 0 Å². The molecule has 1 saturated carbocycles. The molecule has 0 amide bonds. The molecule has 0 heterocycles. The fourth-order valence-electron chi connectivity index (χ4n) is 4.15. The number of hydrogen-bond acceptors (Lipinski definition) is 3. The van der Waals surface area contributed by atoms with Gasteiger partial charge in [0.05, 0.1) is 6.10 Å². The summed E-state index contributed by atoms with van der Waals surface area (Å²) in [5, 5.41) is 11.7. The lowest BCUT2D eigenvalue weighted by molar-refractivity contribution is 0.0427. The van der Waals surface area contributed by atoms with Gasteiger partial charge in [0.25, 0.3) is 7.37 Å². The van der Waals surface area contributed by atoms with E-state index in [1.165, 1.54) is 6.42 Å². The summed E-state index contributed by atoms with van der Waals surface area (Å²) in [4.78, 5) is 0. The average Bonchev–Trinajstić information content (AvgIpc) is 2.68. The largest absolute Gasteiger partial charge is 0.378 e. The van der Waals surface area contributed by atoms with Gasteiger partial charge in [0, 0.05) is 5.30 Å². The zero-order chi connectivity index (χ0) is 19.4. The lowest BCUT2D eigenvalue weighted by atomic mass is 9.75. The van der Waals surface area contributed by atoms with Crippen LogP contribution in [0.1, 0.15) is 51.4 Å². The van der Waals surface area contributed by atoms with E-state index in [4.69, 9.17) is 4.52 Å². The summed E-state index contributed by atoms with van der Waals surface area (Å²) in [6.07, 6.45) is 3.05. The van der Waals surface area contributed by atoms with Gasteiger partial charge in [-0.25, -0.2) is 0 Å². The molecule has 1 aliphatic carbocycles. The summed E-state index contributed by atoms with van der Waals surface area (Å²) in [6, 6.07) is 18.4. The zero-order valence-electron chi connectivity index (χ0n) is 16.5. The van der Waals surface area contributed by atoms with Crippen LogP contribution in [-0.2, 0) is 9.09 Å². The molecule has 0 unspecified atom stereocenters. The molecule has 2 aromatic rings. The second-order valence-corrected chi connectivity index (χ2v) is 10.6. The quantitative estimate of drug-likeness (QED) is 0.642. The van der Waals surface area contributed by atoms with Crippen molar-refractivity contribution in [3.63, 3.8) is 0 Å². The minimum atomic E-state index is -3.50. The second kappa shape index (κ2) is 8.73. The molecular weight excluding hydrogens is 355 g/mol. The Morgan fingerprint density at radius 1 is 1.00 bits per heavy atom. The fourth-order valence-corrected chi connectivity index (χ4v) is 6.47. The molecule has 0 aliphatic heterocycles. The molecule has 1 fully saturated rings. The molecule has 3 rings (SSSR count). The minimum Gasteiger partial charge on any atom is -0.378 e. The Kier molecular flexibility index (Phi) is 6.57. The molecule has 0 spiro atoms. The van der Waals surface area contributed by atoms with Crippen LogP contribution >= 0.6 is 7.37 Å². The van der Waals surface area contributed by atoms with E-state index in [0.717, 1.165) is 12.8 Å². The van der Waals surface area contributed by atoms with E-state index < -0.39 is 13.2 Å². The maximum atomic E-state index is 14.2. The Morgan fingerprint density at radius 2 is 1.59 bits per heavy atom. The highest BCUT2D eigenvalue weighted by atomic mass is 31.2. The lowest BCUT2D eigenvalue weighted by Gasteiger charge is -2.39. The third-order valence-electron chi connectivity index (χ3n) is 5.79. The molecule has 3 nitrogen and oxygen atoms in total. The highest BCUT2D eigenvalue weighted by Crippen LogP contribution is 2.60. The first-order chi connectivity index (χ1) is 12.9. The number of aliphatic hydroxyl groups excluding tert-OH is 1. The maximum absolute atomic E-state index is 14.2. The number of aliphatic hydroxyl groups is 1. The summed E-state index contributed by atoms with van der Waals surface area (Å²) in [5.41, 5.74) is 0.634. The van der Waals surface area contributed by atoms with Crippen LogP contribution in [0.3, 0.4) is 0 Å². The number of benzene rings is 2. The van der Waals surface area contributed by atoms with Gasteiger partial charge < -0.3 is 9.63 Å². The summed E-state index contributed by atoms with van der Waals surface area (Å²) in [6.45, 7) is 6.64. The van der Waals surface area contributed by atoms with Gasteiger partial charge in [-0.1, -0.05) is 75.7 Å². The zero-order valence-corrected chi connectivity index (χ0v) is 17.4. The fraction of sp³-hybridized carbons (Fsp3) is 0.478. The molecule has 2 aromatic carbocycles. The highest BCUT2D eigenvalue weighted by Gasteiger charge is 2.42. The molecule has 146 valence electrons. The van der Waals surface area contributed by atoms with Gasteiger partial charge in [-0.2, -0.15) is 0 Å². The topological polar surface area (TPSA) is 46.5 Å². The molecule has 1 N–H and O–H groups in total. The molecule has 0 radical (unpaired) electrons. The summed E-state index contributed by atoms with van der Waals surface area (Å²) in [5.74, 6) is 0.205. The molecule has 0 saturated heterocycles. The van der Waals surface area contributed by atoms with Crippen LogP contribution in [-0.4, -0.2) is 11.2 Å². The predicted molar refractivity (Wildman–Crippen MR) is 111 cm³/mol. The molecule has 27 heavy (non-hydrogen) atoms. The Morgan fingerprint density at radius 3 is 2.19 bits per heavy atom. The van der Waals surface area contributed by atoms with Crippen molar-refractivity contribution in [1.29, 1.82) is 0 Å². The Hall–Kier alpha value is -1.41. The molecular formula is C23H31O3P. The van der Waals surface area contributed by atoms with Crippen LogP contribution in [0.5, 0.6) is 0 Å². The monoisotopic (exact) mass is 386 g/mol. The van der Waals surface area contributed by atoms with Crippen molar-refractivity contribution in [1.82, 2.24) is 0 Å². The smallest absolute Gasteiger partial charge is 0.264 e. The van der Waals surface area contributed by atoms with Crippen molar-refractivity contribution in [3.05, 3.63) is 66.2 Å². The van der Waals surface area contributed by atoms with Crippen molar-refractivity contribution in [3.8, 4) is 0 Å². The Balaban J connectivity index is 1.98. The van der Waals surface area contributed by atoms with Crippen LogP contribution in [0.2, 0.25) is 0 Å². The molecule has 0 bridgehead atoms. The first kappa shape index (κ1) is 20.3. The van der Waals surface area contributed by atoms with Crippen LogP contribution in [0.15, 0.2) is 60.7 Å². The standard InChI is InChI=1S/C23H31O3P/c1-17(2)21-15-14-18(3)16-22(21)26-27(25,20-12-8-5-9-13-20)23(24)19-10-6-4-7-11-19/h4-13,17-18,21-24H,14-16H2,1-3H3/t18-,21-,22-,23-,27-/m1/s1. The summed E-state index contributed by atoms with van der Waals surface area (Å²) < 4.78 is 20.6. The van der Waals surface area contributed by atoms with E-state index >= 15 is 0 Å². The number of hydrogen-bond donors (Lipinski definition) is 1. The molecule has 5 atom stereocenters. The van der Waals surface area contributed by atoms with Crippen molar-refractivity contribution < 1.29 is 14.2 Å². The van der Waals surface area contributed by atoms with Crippen molar-refractivity contribution in [2.24, 2.45) is 17.8 Å².